The Morgan fingerprint density at radius 3 is 2.46 bits per heavy atom. The second-order valence-electron chi connectivity index (χ2n) is 6.47. The van der Waals surface area contributed by atoms with Crippen LogP contribution in [0.25, 0.3) is 11.4 Å². The first-order valence-electron chi connectivity index (χ1n) is 9.12. The SMILES string of the molecule is CCCn1c(SCC(=O)Nc2ccc(N(C)C)cc2)nnc1-c1ccncc1. The Bertz CT molecular complexity index is 908. The Kier molecular flexibility index (Phi) is 6.65. The average Bonchev–Trinajstić information content (AvgIpc) is 3.10. The predicted molar refractivity (Wildman–Crippen MR) is 114 cm³/mol. The molecule has 0 aliphatic carbocycles. The summed E-state index contributed by atoms with van der Waals surface area (Å²) >= 11 is 1.39. The molecule has 0 fully saturated rings. The molecule has 0 aliphatic heterocycles. The third kappa shape index (κ3) is 4.89. The van der Waals surface area contributed by atoms with E-state index in [9.17, 15) is 4.79 Å². The molecule has 0 atom stereocenters. The summed E-state index contributed by atoms with van der Waals surface area (Å²) in [5, 5.41) is 12.3. The molecule has 1 amide bonds. The molecule has 3 rings (SSSR count). The van der Waals surface area contributed by atoms with Gasteiger partial charge in [-0.25, -0.2) is 0 Å². The van der Waals surface area contributed by atoms with E-state index < -0.39 is 0 Å². The van der Waals surface area contributed by atoms with Crippen LogP contribution in [0.5, 0.6) is 0 Å². The van der Waals surface area contributed by atoms with Crippen LogP contribution < -0.4 is 10.2 Å². The molecule has 0 saturated heterocycles. The van der Waals surface area contributed by atoms with E-state index in [2.05, 4.69) is 32.0 Å². The summed E-state index contributed by atoms with van der Waals surface area (Å²) in [7, 11) is 3.97. The summed E-state index contributed by atoms with van der Waals surface area (Å²) in [6.45, 7) is 2.90. The monoisotopic (exact) mass is 396 g/mol. The van der Waals surface area contributed by atoms with Gasteiger partial charge in [0.2, 0.25) is 5.91 Å². The summed E-state index contributed by atoms with van der Waals surface area (Å²) < 4.78 is 2.05. The summed E-state index contributed by atoms with van der Waals surface area (Å²) in [6.07, 6.45) is 4.43. The number of hydrogen-bond acceptors (Lipinski definition) is 6. The average molecular weight is 397 g/mol. The van der Waals surface area contributed by atoms with E-state index in [4.69, 9.17) is 0 Å². The van der Waals surface area contributed by atoms with Gasteiger partial charge in [0.15, 0.2) is 11.0 Å². The summed E-state index contributed by atoms with van der Waals surface area (Å²) in [6, 6.07) is 11.6. The summed E-state index contributed by atoms with van der Waals surface area (Å²) in [5.41, 5.74) is 2.83. The molecule has 7 nitrogen and oxygen atoms in total. The number of carbonyl (C=O) groups excluding carboxylic acids is 1. The normalized spacial score (nSPS) is 10.7. The molecule has 28 heavy (non-hydrogen) atoms. The van der Waals surface area contributed by atoms with Crippen molar-refractivity contribution in [2.75, 3.05) is 30.1 Å². The van der Waals surface area contributed by atoms with Gasteiger partial charge in [-0.3, -0.25) is 9.78 Å². The van der Waals surface area contributed by atoms with Crippen LogP contribution in [0.2, 0.25) is 0 Å². The van der Waals surface area contributed by atoms with E-state index in [1.807, 2.05) is 55.4 Å². The van der Waals surface area contributed by atoms with Crippen molar-refractivity contribution in [3.8, 4) is 11.4 Å². The molecular formula is C20H24N6OS. The Labute approximate surface area is 169 Å². The molecule has 8 heteroatoms. The number of nitrogens with one attached hydrogen (secondary N) is 1. The minimum Gasteiger partial charge on any atom is -0.378 e. The van der Waals surface area contributed by atoms with Crippen LogP contribution in [-0.2, 0) is 11.3 Å². The zero-order valence-electron chi connectivity index (χ0n) is 16.3. The Balaban J connectivity index is 1.65. The first kappa shape index (κ1) is 19.9. The highest BCUT2D eigenvalue weighted by molar-refractivity contribution is 7.99. The van der Waals surface area contributed by atoms with E-state index in [1.54, 1.807) is 12.4 Å². The fourth-order valence-electron chi connectivity index (χ4n) is 2.71. The number of anilines is 2. The third-order valence-corrected chi connectivity index (χ3v) is 5.07. The second-order valence-corrected chi connectivity index (χ2v) is 7.41. The maximum atomic E-state index is 12.3. The van der Waals surface area contributed by atoms with Crippen molar-refractivity contribution in [2.45, 2.75) is 25.0 Å². The highest BCUT2D eigenvalue weighted by Gasteiger charge is 2.15. The van der Waals surface area contributed by atoms with Crippen LogP contribution in [0, 0.1) is 0 Å². The van der Waals surface area contributed by atoms with Gasteiger partial charge >= 0.3 is 0 Å². The molecule has 1 N–H and O–H groups in total. The van der Waals surface area contributed by atoms with E-state index >= 15 is 0 Å². The van der Waals surface area contributed by atoms with Crippen molar-refractivity contribution in [1.29, 1.82) is 0 Å². The summed E-state index contributed by atoms with van der Waals surface area (Å²) in [5.74, 6) is 0.999. The Morgan fingerprint density at radius 1 is 1.11 bits per heavy atom. The lowest BCUT2D eigenvalue weighted by atomic mass is 10.2. The molecule has 0 bridgehead atoms. The maximum Gasteiger partial charge on any atom is 0.234 e. The minimum atomic E-state index is -0.0703. The van der Waals surface area contributed by atoms with Gasteiger partial charge in [0.05, 0.1) is 5.75 Å². The largest absolute Gasteiger partial charge is 0.378 e. The zero-order valence-corrected chi connectivity index (χ0v) is 17.1. The minimum absolute atomic E-state index is 0.0703. The third-order valence-electron chi connectivity index (χ3n) is 4.10. The predicted octanol–water partition coefficient (Wildman–Crippen LogP) is 3.55. The highest BCUT2D eigenvalue weighted by Crippen LogP contribution is 2.24. The van der Waals surface area contributed by atoms with Crippen LogP contribution >= 0.6 is 11.8 Å². The van der Waals surface area contributed by atoms with Crippen LogP contribution in [0.1, 0.15) is 13.3 Å². The number of rotatable bonds is 8. The molecule has 146 valence electrons. The highest BCUT2D eigenvalue weighted by atomic mass is 32.2. The molecular weight excluding hydrogens is 372 g/mol. The van der Waals surface area contributed by atoms with Crippen molar-refractivity contribution in [3.63, 3.8) is 0 Å². The molecule has 0 aliphatic rings. The molecule has 0 saturated carbocycles. The topological polar surface area (TPSA) is 75.9 Å². The number of benzene rings is 1. The fraction of sp³-hybridized carbons (Fsp3) is 0.300. The standard InChI is InChI=1S/C20H24N6OS/c1-4-13-26-19(15-9-11-21-12-10-15)23-24-20(26)28-14-18(27)22-16-5-7-17(8-6-16)25(2)3/h5-12H,4,13-14H2,1-3H3,(H,22,27). The Hall–Kier alpha value is -2.87. The van der Waals surface area contributed by atoms with Gasteiger partial charge in [0.25, 0.3) is 0 Å². The molecule has 0 radical (unpaired) electrons. The van der Waals surface area contributed by atoms with Crippen LogP contribution in [-0.4, -0.2) is 45.5 Å². The van der Waals surface area contributed by atoms with Crippen LogP contribution in [0.4, 0.5) is 11.4 Å². The van der Waals surface area contributed by atoms with Crippen LogP contribution in [0.15, 0.2) is 53.9 Å². The fourth-order valence-corrected chi connectivity index (χ4v) is 3.47. The van der Waals surface area contributed by atoms with Gasteiger partial charge in [-0.2, -0.15) is 0 Å². The number of hydrogen-bond donors (Lipinski definition) is 1. The number of aromatic nitrogens is 4. The number of carbonyl (C=O) groups is 1. The molecule has 1 aromatic carbocycles. The number of nitrogens with zero attached hydrogens (tertiary/aromatic N) is 5. The number of amides is 1. The molecule has 2 aromatic heterocycles. The lowest BCUT2D eigenvalue weighted by Gasteiger charge is -2.13. The van der Waals surface area contributed by atoms with Gasteiger partial charge in [-0.05, 0) is 42.8 Å². The van der Waals surface area contributed by atoms with E-state index in [0.717, 1.165) is 40.9 Å². The second kappa shape index (κ2) is 9.36. The Morgan fingerprint density at radius 2 is 1.82 bits per heavy atom. The van der Waals surface area contributed by atoms with Gasteiger partial charge < -0.3 is 14.8 Å². The summed E-state index contributed by atoms with van der Waals surface area (Å²) in [4.78, 5) is 18.4. The molecule has 0 unspecified atom stereocenters. The van der Waals surface area contributed by atoms with Crippen LogP contribution in [0.3, 0.4) is 0 Å². The van der Waals surface area contributed by atoms with Gasteiger partial charge in [-0.15, -0.1) is 10.2 Å². The number of pyridine rings is 1. The first-order chi connectivity index (χ1) is 13.6. The van der Waals surface area contributed by atoms with Gasteiger partial charge in [0.1, 0.15) is 0 Å². The van der Waals surface area contributed by atoms with Gasteiger partial charge in [0, 0.05) is 50.0 Å². The maximum absolute atomic E-state index is 12.3. The number of thioether (sulfide) groups is 1. The molecule has 3 aromatic rings. The lowest BCUT2D eigenvalue weighted by molar-refractivity contribution is -0.113. The van der Waals surface area contributed by atoms with E-state index in [1.165, 1.54) is 11.8 Å². The van der Waals surface area contributed by atoms with Crippen molar-refractivity contribution in [3.05, 3.63) is 48.8 Å². The van der Waals surface area contributed by atoms with Crippen molar-refractivity contribution < 1.29 is 4.79 Å². The molecule has 0 spiro atoms. The van der Waals surface area contributed by atoms with Gasteiger partial charge in [-0.1, -0.05) is 18.7 Å². The lowest BCUT2D eigenvalue weighted by Crippen LogP contribution is -2.15. The first-order valence-corrected chi connectivity index (χ1v) is 10.1. The smallest absolute Gasteiger partial charge is 0.234 e. The van der Waals surface area contributed by atoms with Crippen molar-refractivity contribution >= 4 is 29.0 Å². The van der Waals surface area contributed by atoms with E-state index in [-0.39, 0.29) is 11.7 Å². The van der Waals surface area contributed by atoms with Crippen molar-refractivity contribution in [1.82, 2.24) is 19.7 Å². The van der Waals surface area contributed by atoms with E-state index in [0.29, 0.717) is 0 Å². The molecule has 2 heterocycles. The quantitative estimate of drug-likeness (QED) is 0.587. The zero-order chi connectivity index (χ0) is 19.9. The van der Waals surface area contributed by atoms with Crippen molar-refractivity contribution in [2.24, 2.45) is 0 Å².